The van der Waals surface area contributed by atoms with Crippen molar-refractivity contribution in [1.29, 1.82) is 0 Å². The Morgan fingerprint density at radius 2 is 1.95 bits per heavy atom. The number of rotatable bonds is 1. The Balaban J connectivity index is 2.38. The van der Waals surface area contributed by atoms with E-state index in [0.29, 0.717) is 18.5 Å². The monoisotopic (exact) mass is 276 g/mol. The molecule has 0 saturated heterocycles. The van der Waals surface area contributed by atoms with E-state index in [4.69, 9.17) is 4.74 Å². The number of carbonyl (C=O) groups is 2. The van der Waals surface area contributed by atoms with Crippen LogP contribution in [0.4, 0.5) is 10.5 Å². The second-order valence-corrected chi connectivity index (χ2v) is 5.85. The van der Waals surface area contributed by atoms with Crippen molar-refractivity contribution in [3.8, 4) is 0 Å². The molecule has 2 rings (SSSR count). The van der Waals surface area contributed by atoms with Crippen LogP contribution in [0.2, 0.25) is 0 Å². The van der Waals surface area contributed by atoms with Crippen molar-refractivity contribution in [3.63, 3.8) is 0 Å². The normalized spacial score (nSPS) is 18.4. The van der Waals surface area contributed by atoms with Gasteiger partial charge in [0.1, 0.15) is 5.60 Å². The molecule has 1 atom stereocenters. The minimum Gasteiger partial charge on any atom is -0.548 e. The molecule has 0 N–H and O–H groups in total. The molecule has 0 bridgehead atoms. The largest absolute Gasteiger partial charge is 0.548 e. The first-order valence-electron chi connectivity index (χ1n) is 6.60. The Labute approximate surface area is 118 Å². The summed E-state index contributed by atoms with van der Waals surface area (Å²) in [5.41, 5.74) is 0.845. The fourth-order valence-corrected chi connectivity index (χ4v) is 2.31. The molecule has 0 saturated carbocycles. The second-order valence-electron chi connectivity index (χ2n) is 5.85. The molecule has 1 aromatic rings. The highest BCUT2D eigenvalue weighted by atomic mass is 16.6. The fraction of sp³-hybridized carbons (Fsp3) is 0.467. The van der Waals surface area contributed by atoms with Crippen LogP contribution in [-0.4, -0.2) is 23.7 Å². The maximum absolute atomic E-state index is 12.3. The lowest BCUT2D eigenvalue weighted by atomic mass is 9.96. The Kier molecular flexibility index (Phi) is 3.70. The van der Waals surface area contributed by atoms with Crippen LogP contribution in [0.3, 0.4) is 0 Å². The van der Waals surface area contributed by atoms with E-state index in [1.54, 1.807) is 32.9 Å². The van der Waals surface area contributed by atoms with E-state index in [9.17, 15) is 14.7 Å². The zero-order chi connectivity index (χ0) is 14.9. The molecule has 1 amide bonds. The van der Waals surface area contributed by atoms with Gasteiger partial charge in [-0.3, -0.25) is 4.90 Å². The fourth-order valence-electron chi connectivity index (χ4n) is 2.31. The molecular weight excluding hydrogens is 258 g/mol. The molecule has 1 aromatic carbocycles. The molecule has 1 heterocycles. The second kappa shape index (κ2) is 5.15. The number of aliphatic carboxylic acids is 1. The number of para-hydroxylation sites is 1. The number of carboxylic acids is 1. The molecule has 0 aromatic heterocycles. The number of carboxylic acid groups (broad SMARTS) is 1. The number of nitrogens with zero attached hydrogens (tertiary/aromatic N) is 1. The highest BCUT2D eigenvalue weighted by Gasteiger charge is 2.34. The number of hydrogen-bond donors (Lipinski definition) is 0. The number of carbonyl (C=O) groups excluding carboxylic acids is 2. The summed E-state index contributed by atoms with van der Waals surface area (Å²) in [4.78, 5) is 24.8. The predicted octanol–water partition coefficient (Wildman–Crippen LogP) is 1.49. The summed E-state index contributed by atoms with van der Waals surface area (Å²) in [6.45, 7) is 5.23. The third-order valence-corrected chi connectivity index (χ3v) is 3.11. The molecule has 0 spiro atoms. The third-order valence-electron chi connectivity index (χ3n) is 3.11. The van der Waals surface area contributed by atoms with Gasteiger partial charge in [-0.05, 0) is 45.2 Å². The Morgan fingerprint density at radius 3 is 2.55 bits per heavy atom. The van der Waals surface area contributed by atoms with Crippen LogP contribution in [-0.2, 0) is 16.0 Å². The minimum atomic E-state index is -1.26. The summed E-state index contributed by atoms with van der Waals surface area (Å²) in [5.74, 6) is -1.26. The topological polar surface area (TPSA) is 69.7 Å². The van der Waals surface area contributed by atoms with Crippen LogP contribution in [0, 0.1) is 0 Å². The first kappa shape index (κ1) is 14.4. The zero-order valence-corrected chi connectivity index (χ0v) is 11.9. The molecule has 1 unspecified atom stereocenters. The molecule has 108 valence electrons. The first-order valence-corrected chi connectivity index (χ1v) is 6.60. The molecule has 0 fully saturated rings. The molecular formula is C15H18NO4-. The van der Waals surface area contributed by atoms with Crippen molar-refractivity contribution in [1.82, 2.24) is 0 Å². The predicted molar refractivity (Wildman–Crippen MR) is 72.3 cm³/mol. The number of amides is 1. The number of hydrogen-bond acceptors (Lipinski definition) is 4. The summed E-state index contributed by atoms with van der Waals surface area (Å²) in [6, 6.07) is 6.27. The highest BCUT2D eigenvalue weighted by molar-refractivity contribution is 5.96. The number of aryl methyl sites for hydroxylation is 1. The van der Waals surface area contributed by atoms with Crippen molar-refractivity contribution in [3.05, 3.63) is 29.8 Å². The lowest BCUT2D eigenvalue weighted by Gasteiger charge is -2.38. The molecule has 5 nitrogen and oxygen atoms in total. The third kappa shape index (κ3) is 2.92. The maximum Gasteiger partial charge on any atom is 0.415 e. The Bertz CT molecular complexity index is 533. The van der Waals surface area contributed by atoms with Crippen molar-refractivity contribution in [2.45, 2.75) is 45.3 Å². The molecule has 5 heteroatoms. The van der Waals surface area contributed by atoms with Crippen LogP contribution < -0.4 is 10.0 Å². The van der Waals surface area contributed by atoms with Gasteiger partial charge in [0.25, 0.3) is 0 Å². The zero-order valence-electron chi connectivity index (χ0n) is 11.9. The van der Waals surface area contributed by atoms with Crippen molar-refractivity contribution < 1.29 is 19.4 Å². The summed E-state index contributed by atoms with van der Waals surface area (Å²) in [5, 5.41) is 11.3. The van der Waals surface area contributed by atoms with Gasteiger partial charge in [0.2, 0.25) is 0 Å². The van der Waals surface area contributed by atoms with E-state index in [1.807, 2.05) is 12.1 Å². The maximum atomic E-state index is 12.3. The molecule has 0 aliphatic carbocycles. The highest BCUT2D eigenvalue weighted by Crippen LogP contribution is 2.31. The quantitative estimate of drug-likeness (QED) is 0.779. The average Bonchev–Trinajstić information content (AvgIpc) is 2.35. The van der Waals surface area contributed by atoms with E-state index in [0.717, 1.165) is 5.56 Å². The van der Waals surface area contributed by atoms with Crippen molar-refractivity contribution >= 4 is 17.7 Å². The smallest absolute Gasteiger partial charge is 0.415 e. The van der Waals surface area contributed by atoms with Crippen LogP contribution in [0.1, 0.15) is 32.8 Å². The van der Waals surface area contributed by atoms with Crippen LogP contribution in [0.25, 0.3) is 0 Å². The summed E-state index contributed by atoms with van der Waals surface area (Å²) in [7, 11) is 0. The number of ether oxygens (including phenoxy) is 1. The van der Waals surface area contributed by atoms with Crippen molar-refractivity contribution in [2.75, 3.05) is 4.90 Å². The SMILES string of the molecule is CC(C)(C)OC(=O)N1c2ccccc2CCC1C(=O)[O-]. The first-order chi connectivity index (χ1) is 9.29. The van der Waals surface area contributed by atoms with E-state index in [2.05, 4.69) is 0 Å². The Hall–Kier alpha value is -2.04. The summed E-state index contributed by atoms with van der Waals surface area (Å²) < 4.78 is 5.31. The number of anilines is 1. The van der Waals surface area contributed by atoms with Crippen LogP contribution in [0.15, 0.2) is 24.3 Å². The van der Waals surface area contributed by atoms with Gasteiger partial charge in [0.15, 0.2) is 0 Å². The average molecular weight is 276 g/mol. The minimum absolute atomic E-state index is 0.332. The van der Waals surface area contributed by atoms with Gasteiger partial charge < -0.3 is 14.6 Å². The summed E-state index contributed by atoms with van der Waals surface area (Å²) >= 11 is 0. The number of fused-ring (bicyclic) bond motifs is 1. The summed E-state index contributed by atoms with van der Waals surface area (Å²) in [6.07, 6.45) is 0.283. The molecule has 1 aliphatic heterocycles. The van der Waals surface area contributed by atoms with E-state index in [-0.39, 0.29) is 0 Å². The molecule has 20 heavy (non-hydrogen) atoms. The van der Waals surface area contributed by atoms with Gasteiger partial charge in [-0.25, -0.2) is 4.79 Å². The standard InChI is InChI=1S/C15H19NO4/c1-15(2,3)20-14(19)16-11-7-5-4-6-10(11)8-9-12(16)13(17)18/h4-7,12H,8-9H2,1-3H3,(H,17,18)/p-1. The van der Waals surface area contributed by atoms with E-state index in [1.165, 1.54) is 4.90 Å². The van der Waals surface area contributed by atoms with Crippen molar-refractivity contribution in [2.24, 2.45) is 0 Å². The molecule has 0 radical (unpaired) electrons. The number of benzene rings is 1. The van der Waals surface area contributed by atoms with Gasteiger partial charge in [-0.2, -0.15) is 0 Å². The van der Waals surface area contributed by atoms with Gasteiger partial charge in [0.05, 0.1) is 17.7 Å². The lowest BCUT2D eigenvalue weighted by molar-refractivity contribution is -0.307. The molecule has 1 aliphatic rings. The van der Waals surface area contributed by atoms with Gasteiger partial charge in [0, 0.05) is 0 Å². The van der Waals surface area contributed by atoms with Gasteiger partial charge in [-0.15, -0.1) is 0 Å². The van der Waals surface area contributed by atoms with E-state index < -0.39 is 23.7 Å². The lowest BCUT2D eigenvalue weighted by Crippen LogP contribution is -2.54. The van der Waals surface area contributed by atoms with E-state index >= 15 is 0 Å². The Morgan fingerprint density at radius 1 is 1.30 bits per heavy atom. The van der Waals surface area contributed by atoms with Crippen LogP contribution in [0.5, 0.6) is 0 Å². The van der Waals surface area contributed by atoms with Crippen LogP contribution >= 0.6 is 0 Å². The van der Waals surface area contributed by atoms with Gasteiger partial charge in [-0.1, -0.05) is 18.2 Å². The van der Waals surface area contributed by atoms with Gasteiger partial charge >= 0.3 is 6.09 Å².